The van der Waals surface area contributed by atoms with Crippen molar-refractivity contribution in [1.29, 1.82) is 0 Å². The summed E-state index contributed by atoms with van der Waals surface area (Å²) in [5, 5.41) is 11.4. The number of carbonyl (C=O) groups excluding carboxylic acids is 4. The number of allylic oxidation sites excluding steroid dienone is 3. The van der Waals surface area contributed by atoms with Crippen molar-refractivity contribution in [3.8, 4) is 5.75 Å². The van der Waals surface area contributed by atoms with Gasteiger partial charge in [0.25, 0.3) is 11.8 Å². The number of amides is 4. The van der Waals surface area contributed by atoms with Crippen LogP contribution in [-0.4, -0.2) is 48.8 Å². The number of para-hydroxylation sites is 1. The summed E-state index contributed by atoms with van der Waals surface area (Å²) in [7, 11) is 0. The second-order valence-corrected chi connectivity index (χ2v) is 13.5. The highest BCUT2D eigenvalue weighted by Crippen LogP contribution is 2.66. The molecule has 0 aromatic heterocycles. The van der Waals surface area contributed by atoms with Gasteiger partial charge in [0.2, 0.25) is 11.8 Å². The highest BCUT2D eigenvalue weighted by molar-refractivity contribution is 9.10. The Morgan fingerprint density at radius 1 is 1.02 bits per heavy atom. The maximum atomic E-state index is 14.0. The minimum Gasteiger partial charge on any atom is -0.507 e. The first kappa shape index (κ1) is 28.6. The maximum absolute atomic E-state index is 14.0. The molecule has 4 amide bonds. The van der Waals surface area contributed by atoms with Gasteiger partial charge in [0, 0.05) is 16.0 Å². The summed E-state index contributed by atoms with van der Waals surface area (Å²) in [6.07, 6.45) is 3.98. The minimum atomic E-state index is -1.98. The lowest BCUT2D eigenvalue weighted by Crippen LogP contribution is -2.60. The van der Waals surface area contributed by atoms with E-state index in [1.165, 1.54) is 4.90 Å². The van der Waals surface area contributed by atoms with Gasteiger partial charge in [-0.15, -0.1) is 29.8 Å². The lowest BCUT2D eigenvalue weighted by Gasteiger charge is -2.50. The van der Waals surface area contributed by atoms with Crippen LogP contribution in [0.5, 0.6) is 5.75 Å². The first-order valence-corrected chi connectivity index (χ1v) is 15.7. The van der Waals surface area contributed by atoms with Crippen LogP contribution in [0.15, 0.2) is 71.2 Å². The Hall–Kier alpha value is -2.46. The monoisotopic (exact) mass is 720 g/mol. The van der Waals surface area contributed by atoms with Crippen molar-refractivity contribution >= 4 is 84.4 Å². The van der Waals surface area contributed by atoms with Gasteiger partial charge in [-0.3, -0.25) is 29.0 Å². The second kappa shape index (κ2) is 10.1. The van der Waals surface area contributed by atoms with Crippen LogP contribution in [0.25, 0.3) is 0 Å². The highest BCUT2D eigenvalue weighted by atomic mass is 79.9. The third-order valence-electron chi connectivity index (χ3n) is 8.93. The van der Waals surface area contributed by atoms with Crippen LogP contribution in [0, 0.1) is 17.8 Å². The fourth-order valence-electron chi connectivity index (χ4n) is 7.11. The van der Waals surface area contributed by atoms with Crippen molar-refractivity contribution in [2.45, 2.75) is 34.9 Å². The molecule has 6 rings (SSSR count). The molecule has 0 spiro atoms. The van der Waals surface area contributed by atoms with E-state index in [0.717, 1.165) is 9.37 Å². The Labute approximate surface area is 263 Å². The Morgan fingerprint density at radius 3 is 2.39 bits per heavy atom. The van der Waals surface area contributed by atoms with E-state index in [1.54, 1.807) is 48.5 Å². The zero-order chi connectivity index (χ0) is 29.4. The lowest BCUT2D eigenvalue weighted by molar-refractivity contribution is -0.138. The Bertz CT molecular complexity index is 1560. The first-order chi connectivity index (χ1) is 19.5. The fourth-order valence-corrected chi connectivity index (χ4v) is 8.79. The number of nitrogens with zero attached hydrogens (tertiary/aromatic N) is 2. The number of halogens is 4. The van der Waals surface area contributed by atoms with E-state index in [4.69, 9.17) is 23.2 Å². The van der Waals surface area contributed by atoms with E-state index >= 15 is 0 Å². The Morgan fingerprint density at radius 2 is 1.73 bits per heavy atom. The summed E-state index contributed by atoms with van der Waals surface area (Å²) in [5.41, 5.74) is 1.86. The Kier molecular flexibility index (Phi) is 7.04. The number of rotatable bonds is 5. The molecule has 11 heteroatoms. The molecule has 0 unspecified atom stereocenters. The molecule has 212 valence electrons. The third kappa shape index (κ3) is 3.81. The van der Waals surface area contributed by atoms with Gasteiger partial charge in [-0.25, -0.2) is 0 Å². The number of benzene rings is 2. The van der Waals surface area contributed by atoms with Crippen molar-refractivity contribution in [2.24, 2.45) is 17.8 Å². The van der Waals surface area contributed by atoms with Gasteiger partial charge in [-0.05, 0) is 55.0 Å². The normalized spacial score (nSPS) is 32.5. The number of fused-ring (bicyclic) bond motifs is 4. The van der Waals surface area contributed by atoms with Gasteiger partial charge in [0.1, 0.15) is 5.75 Å². The smallest absolute Gasteiger partial charge is 0.254 e. The molecule has 2 saturated heterocycles. The molecular formula is C30H24Br2Cl2N2O5. The highest BCUT2D eigenvalue weighted by Gasteiger charge is 2.76. The average Bonchev–Trinajstić information content (AvgIpc) is 3.28. The second-order valence-electron chi connectivity index (χ2n) is 10.8. The van der Waals surface area contributed by atoms with E-state index in [-0.39, 0.29) is 30.0 Å². The Balaban J connectivity index is 1.54. The molecular weight excluding hydrogens is 699 g/mol. The van der Waals surface area contributed by atoms with Crippen molar-refractivity contribution in [1.82, 2.24) is 4.90 Å². The standard InChI is InChI=1S/C30H24Br2Cl2N2O5/c1-2-4-15-5-3-6-20(24(15)37)23-18-11-12-19-22(26(39)36(25(19)38)17-9-7-16(32)8-10-17)21(18)13-29(33)27(40)35(14-31)28(41)30(23,29)34/h2-3,5-11,19,21-23,37H,1,4,12-14H2/t19-,21+,22-,23+,29+,30-/m0/s1. The SMILES string of the molecule is C=CCc1cccc([C@H]2C3=CC[C@@H]4C(=O)N(c5ccc(Br)cc5)C(=O)[C@@H]4[C@@H]3C[C@@]3(Cl)C(=O)N(CBr)C(=O)[C@@]23Cl)c1O. The number of likely N-dealkylation sites (tertiary alicyclic amines) is 1. The first-order valence-electron chi connectivity index (χ1n) is 13.1. The number of alkyl halides is 3. The number of carbonyl (C=O) groups is 4. The van der Waals surface area contributed by atoms with Gasteiger partial charge < -0.3 is 5.11 Å². The summed E-state index contributed by atoms with van der Waals surface area (Å²) < 4.78 is 0.804. The molecule has 4 aliphatic rings. The van der Waals surface area contributed by atoms with Crippen molar-refractivity contribution < 1.29 is 24.3 Å². The van der Waals surface area contributed by atoms with Crippen LogP contribution in [0.3, 0.4) is 0 Å². The van der Waals surface area contributed by atoms with Crippen LogP contribution in [0.1, 0.15) is 29.9 Å². The van der Waals surface area contributed by atoms with Gasteiger partial charge in [0.05, 0.1) is 23.0 Å². The van der Waals surface area contributed by atoms with Crippen LogP contribution in [0.4, 0.5) is 5.69 Å². The molecule has 2 aromatic rings. The molecule has 6 atom stereocenters. The topological polar surface area (TPSA) is 95.0 Å². The summed E-state index contributed by atoms with van der Waals surface area (Å²) in [6.45, 7) is 3.76. The number of aromatic hydroxyl groups is 1. The molecule has 0 bridgehead atoms. The molecule has 2 heterocycles. The van der Waals surface area contributed by atoms with E-state index in [0.29, 0.717) is 28.8 Å². The van der Waals surface area contributed by atoms with E-state index in [2.05, 4.69) is 38.4 Å². The molecule has 3 fully saturated rings. The van der Waals surface area contributed by atoms with Crippen molar-refractivity contribution in [3.63, 3.8) is 0 Å². The van der Waals surface area contributed by atoms with E-state index in [1.807, 2.05) is 6.08 Å². The molecule has 1 saturated carbocycles. The van der Waals surface area contributed by atoms with Gasteiger partial charge in [0.15, 0.2) is 9.75 Å². The predicted molar refractivity (Wildman–Crippen MR) is 162 cm³/mol. The third-order valence-corrected chi connectivity index (χ3v) is 11.4. The van der Waals surface area contributed by atoms with Crippen LogP contribution in [0.2, 0.25) is 0 Å². The van der Waals surface area contributed by atoms with Crippen LogP contribution in [-0.2, 0) is 25.6 Å². The van der Waals surface area contributed by atoms with Crippen molar-refractivity contribution in [3.05, 3.63) is 82.4 Å². The number of imide groups is 2. The molecule has 41 heavy (non-hydrogen) atoms. The largest absolute Gasteiger partial charge is 0.507 e. The van der Waals surface area contributed by atoms with Crippen molar-refractivity contribution in [2.75, 3.05) is 10.4 Å². The summed E-state index contributed by atoms with van der Waals surface area (Å²) >= 11 is 21.1. The van der Waals surface area contributed by atoms with Crippen LogP contribution >= 0.6 is 55.1 Å². The fraction of sp³-hybridized carbons (Fsp3) is 0.333. The van der Waals surface area contributed by atoms with E-state index in [9.17, 15) is 24.3 Å². The zero-order valence-corrected chi connectivity index (χ0v) is 26.2. The number of hydrogen-bond acceptors (Lipinski definition) is 5. The predicted octanol–water partition coefficient (Wildman–Crippen LogP) is 5.80. The molecule has 7 nitrogen and oxygen atoms in total. The number of phenols is 1. The van der Waals surface area contributed by atoms with E-state index < -0.39 is 51.1 Å². The molecule has 0 radical (unpaired) electrons. The van der Waals surface area contributed by atoms with Gasteiger partial charge in [-0.1, -0.05) is 67.8 Å². The quantitative estimate of drug-likeness (QED) is 0.182. The molecule has 2 aliphatic heterocycles. The lowest BCUT2D eigenvalue weighted by atomic mass is 9.56. The van der Waals surface area contributed by atoms with Crippen LogP contribution < -0.4 is 4.90 Å². The maximum Gasteiger partial charge on any atom is 0.254 e. The average molecular weight is 723 g/mol. The summed E-state index contributed by atoms with van der Waals surface area (Å²) in [4.78, 5) is 53.6. The molecule has 2 aliphatic carbocycles. The van der Waals surface area contributed by atoms with Gasteiger partial charge in [-0.2, -0.15) is 0 Å². The number of anilines is 1. The minimum absolute atomic E-state index is 0.0806. The van der Waals surface area contributed by atoms with Gasteiger partial charge >= 0.3 is 0 Å². The summed E-state index contributed by atoms with van der Waals surface area (Å²) in [6, 6.07) is 12.0. The summed E-state index contributed by atoms with van der Waals surface area (Å²) in [5.74, 6) is -5.33. The molecule has 2 aromatic carbocycles. The zero-order valence-electron chi connectivity index (χ0n) is 21.5. The number of phenolic OH excluding ortho intramolecular Hbond substituents is 1. The molecule has 1 N–H and O–H groups in total. The number of hydrogen-bond donors (Lipinski definition) is 1.